The quantitative estimate of drug-likeness (QED) is 0.0568. The van der Waals surface area contributed by atoms with Crippen molar-refractivity contribution in [1.29, 1.82) is 0 Å². The lowest BCUT2D eigenvalue weighted by Crippen LogP contribution is -2.30. The number of hydrogen-bond donors (Lipinski definition) is 0. The van der Waals surface area contributed by atoms with E-state index in [1.807, 2.05) is 36.4 Å². The molecule has 5 rings (SSSR count). The molecule has 1 aliphatic rings. The van der Waals surface area contributed by atoms with E-state index in [-0.39, 0.29) is 40.5 Å². The third-order valence-electron chi connectivity index (χ3n) is 8.57. The summed E-state index contributed by atoms with van der Waals surface area (Å²) in [6.45, 7) is 5.84. The fraction of sp³-hybridized carbons (Fsp3) is 0.194. The van der Waals surface area contributed by atoms with Gasteiger partial charge in [-0.05, 0) is 42.3 Å². The van der Waals surface area contributed by atoms with Gasteiger partial charge in [-0.25, -0.2) is 4.79 Å². The van der Waals surface area contributed by atoms with Gasteiger partial charge in [0.1, 0.15) is 0 Å². The summed E-state index contributed by atoms with van der Waals surface area (Å²) >= 11 is 0. The summed E-state index contributed by atoms with van der Waals surface area (Å²) in [5, 5.41) is 22.7. The number of rotatable bonds is 11. The van der Waals surface area contributed by atoms with Crippen molar-refractivity contribution in [2.45, 2.75) is 18.8 Å². The molecule has 0 saturated heterocycles. The van der Waals surface area contributed by atoms with E-state index in [1.54, 1.807) is 31.2 Å². The predicted octanol–water partition coefficient (Wildman–Crippen LogP) is 7.12. The Balaban J connectivity index is 1.77. The van der Waals surface area contributed by atoms with Crippen molar-refractivity contribution in [3.05, 3.63) is 164 Å². The zero-order valence-corrected chi connectivity index (χ0v) is 24.9. The minimum atomic E-state index is -1.02. The summed E-state index contributed by atoms with van der Waals surface area (Å²) in [5.41, 5.74) is 1.40. The van der Waals surface area contributed by atoms with Crippen LogP contribution in [0, 0.1) is 38.0 Å². The molecule has 232 valence electrons. The molecule has 0 aliphatic heterocycles. The van der Waals surface area contributed by atoms with Crippen molar-refractivity contribution in [2.75, 3.05) is 6.61 Å². The zero-order chi connectivity index (χ0) is 33.0. The second-order valence-electron chi connectivity index (χ2n) is 11.0. The first kappa shape index (κ1) is 31.6. The van der Waals surface area contributed by atoms with Crippen LogP contribution in [0.2, 0.25) is 0 Å². The molecule has 0 aromatic heterocycles. The average Bonchev–Trinajstić information content (AvgIpc) is 3.44. The van der Waals surface area contributed by atoms with Crippen LogP contribution in [0.1, 0.15) is 50.6 Å². The molecule has 1 fully saturated rings. The van der Waals surface area contributed by atoms with Gasteiger partial charge in [0.2, 0.25) is 0 Å². The van der Waals surface area contributed by atoms with Gasteiger partial charge in [0.25, 0.3) is 11.4 Å². The van der Waals surface area contributed by atoms with Crippen molar-refractivity contribution in [2.24, 2.45) is 17.8 Å². The average molecular weight is 619 g/mol. The summed E-state index contributed by atoms with van der Waals surface area (Å²) in [5.74, 6) is -5.86. The fourth-order valence-corrected chi connectivity index (χ4v) is 6.62. The molecule has 4 aromatic carbocycles. The van der Waals surface area contributed by atoms with E-state index in [9.17, 15) is 34.6 Å². The third kappa shape index (κ3) is 6.10. The van der Waals surface area contributed by atoms with Crippen molar-refractivity contribution in [1.82, 2.24) is 0 Å². The molecule has 10 heteroatoms. The van der Waals surface area contributed by atoms with Crippen LogP contribution >= 0.6 is 0 Å². The van der Waals surface area contributed by atoms with Crippen LogP contribution in [-0.2, 0) is 9.53 Å². The molecule has 1 saturated carbocycles. The Labute approximate surface area is 264 Å². The van der Waals surface area contributed by atoms with E-state index >= 15 is 0 Å². The maximum Gasteiger partial charge on any atom is 0.333 e. The van der Waals surface area contributed by atoms with Crippen LogP contribution in [0.4, 0.5) is 11.4 Å². The van der Waals surface area contributed by atoms with Crippen LogP contribution < -0.4 is 0 Å². The monoisotopic (exact) mass is 618 g/mol. The first-order valence-corrected chi connectivity index (χ1v) is 14.7. The topological polar surface area (TPSA) is 147 Å². The number of carbonyl (C=O) groups excluding carboxylic acids is 3. The number of ether oxygens (including phenoxy) is 1. The van der Waals surface area contributed by atoms with Gasteiger partial charge in [-0.2, -0.15) is 0 Å². The summed E-state index contributed by atoms with van der Waals surface area (Å²) in [6, 6.07) is 28.6. The van der Waals surface area contributed by atoms with Gasteiger partial charge >= 0.3 is 5.97 Å². The van der Waals surface area contributed by atoms with E-state index in [0.717, 1.165) is 0 Å². The molecule has 0 unspecified atom stereocenters. The maximum atomic E-state index is 14.7. The Hall–Kier alpha value is -5.77. The van der Waals surface area contributed by atoms with Crippen LogP contribution in [0.5, 0.6) is 0 Å². The summed E-state index contributed by atoms with van der Waals surface area (Å²) in [6.07, 6.45) is 0. The highest BCUT2D eigenvalue weighted by Gasteiger charge is 2.58. The second kappa shape index (κ2) is 13.5. The highest BCUT2D eigenvalue weighted by atomic mass is 16.6. The zero-order valence-electron chi connectivity index (χ0n) is 24.9. The number of nitro groups is 2. The largest absolute Gasteiger partial charge is 0.463 e. The molecule has 10 nitrogen and oxygen atoms in total. The lowest BCUT2D eigenvalue weighted by atomic mass is 9.75. The number of carbonyl (C=O) groups is 3. The third-order valence-corrected chi connectivity index (χ3v) is 8.57. The molecule has 0 spiro atoms. The molecule has 46 heavy (non-hydrogen) atoms. The number of hydrogen-bond acceptors (Lipinski definition) is 8. The van der Waals surface area contributed by atoms with Gasteiger partial charge in [-0.1, -0.05) is 67.2 Å². The Morgan fingerprint density at radius 2 is 1.02 bits per heavy atom. The van der Waals surface area contributed by atoms with Crippen LogP contribution in [0.15, 0.2) is 121 Å². The van der Waals surface area contributed by atoms with Crippen molar-refractivity contribution < 1.29 is 29.0 Å². The van der Waals surface area contributed by atoms with E-state index in [1.165, 1.54) is 48.5 Å². The standard InChI is InChI=1S/C36H30N2O8/c1-3-46-36(41)22(2)29-30(23-10-6-4-7-11-23)33(35(40)26-16-20-28(21-17-26)38(44)45)31(24-12-8-5-9-13-24)32(29)34(39)25-14-18-27(19-15-25)37(42)43/h4-21,29-33H,2-3H2,1H3/t29-,30-,31+,32-,33-/m1/s1. The van der Waals surface area contributed by atoms with Crippen molar-refractivity contribution >= 4 is 28.9 Å². The van der Waals surface area contributed by atoms with Crippen molar-refractivity contribution in [3.8, 4) is 0 Å². The SMILES string of the molecule is C=C(C(=O)OCC)[C@H]1[C@@H](C(=O)c2ccc([N+](=O)[O-])cc2)[C@H](c2ccccc2)[C@H](C(=O)c2ccc([N+](=O)[O-])cc2)[C@@H]1c1ccccc1. The van der Waals surface area contributed by atoms with Gasteiger partial charge in [0.05, 0.1) is 16.5 Å². The summed E-state index contributed by atoms with van der Waals surface area (Å²) in [7, 11) is 0. The minimum Gasteiger partial charge on any atom is -0.463 e. The molecular formula is C36H30N2O8. The normalized spacial score (nSPS) is 20.4. The molecule has 4 aromatic rings. The summed E-state index contributed by atoms with van der Waals surface area (Å²) in [4.78, 5) is 64.3. The van der Waals surface area contributed by atoms with Gasteiger partial charge in [-0.3, -0.25) is 29.8 Å². The fourth-order valence-electron chi connectivity index (χ4n) is 6.62. The van der Waals surface area contributed by atoms with Crippen LogP contribution in [-0.4, -0.2) is 34.0 Å². The molecule has 0 heterocycles. The number of Topliss-reactive ketones (excluding diaryl/α,β-unsaturated/α-hetero) is 2. The predicted molar refractivity (Wildman–Crippen MR) is 169 cm³/mol. The van der Waals surface area contributed by atoms with E-state index in [0.29, 0.717) is 11.1 Å². The van der Waals surface area contributed by atoms with Crippen LogP contribution in [0.25, 0.3) is 0 Å². The number of esters is 1. The molecule has 0 amide bonds. The number of ketones is 2. The number of nitro benzene ring substituents is 2. The van der Waals surface area contributed by atoms with Gasteiger partial charge in [0.15, 0.2) is 11.6 Å². The number of non-ortho nitro benzene ring substituents is 2. The molecule has 0 N–H and O–H groups in total. The molecule has 5 atom stereocenters. The number of benzene rings is 4. The Bertz CT molecular complexity index is 1790. The molecule has 0 radical (unpaired) electrons. The van der Waals surface area contributed by atoms with Crippen molar-refractivity contribution in [3.63, 3.8) is 0 Å². The van der Waals surface area contributed by atoms with E-state index < -0.39 is 51.2 Å². The van der Waals surface area contributed by atoms with Crippen LogP contribution in [0.3, 0.4) is 0 Å². The molecule has 1 aliphatic carbocycles. The van der Waals surface area contributed by atoms with Gasteiger partial charge in [0, 0.05) is 70.6 Å². The number of nitrogens with zero attached hydrogens (tertiary/aromatic N) is 2. The highest BCUT2D eigenvalue weighted by Crippen LogP contribution is 2.59. The molecule has 0 bridgehead atoms. The lowest BCUT2D eigenvalue weighted by Gasteiger charge is -2.27. The first-order valence-electron chi connectivity index (χ1n) is 14.7. The highest BCUT2D eigenvalue weighted by molar-refractivity contribution is 6.05. The van der Waals surface area contributed by atoms with E-state index in [4.69, 9.17) is 4.74 Å². The Morgan fingerprint density at radius 3 is 1.41 bits per heavy atom. The second-order valence-corrected chi connectivity index (χ2v) is 11.0. The van der Waals surface area contributed by atoms with E-state index in [2.05, 4.69) is 6.58 Å². The lowest BCUT2D eigenvalue weighted by molar-refractivity contribution is -0.385. The maximum absolute atomic E-state index is 14.7. The Morgan fingerprint density at radius 1 is 0.630 bits per heavy atom. The minimum absolute atomic E-state index is 0.0240. The smallest absolute Gasteiger partial charge is 0.333 e. The first-order chi connectivity index (χ1) is 22.1. The van der Waals surface area contributed by atoms with Gasteiger partial charge in [-0.15, -0.1) is 0 Å². The summed E-state index contributed by atoms with van der Waals surface area (Å²) < 4.78 is 5.36. The van der Waals surface area contributed by atoms with Gasteiger partial charge < -0.3 is 4.74 Å². The molecular weight excluding hydrogens is 588 g/mol. The Kier molecular flexibility index (Phi) is 9.27.